The lowest BCUT2D eigenvalue weighted by Gasteiger charge is -2.20. The second kappa shape index (κ2) is 9.02. The van der Waals surface area contributed by atoms with Crippen LogP contribution >= 0.6 is 0 Å². The molecule has 1 N–H and O–H groups in total. The van der Waals surface area contributed by atoms with Crippen molar-refractivity contribution in [2.45, 2.75) is 47.0 Å². The van der Waals surface area contributed by atoms with E-state index in [1.807, 2.05) is 0 Å². The van der Waals surface area contributed by atoms with Crippen LogP contribution in [0.2, 0.25) is 0 Å². The van der Waals surface area contributed by atoms with Crippen LogP contribution < -0.4 is 10.2 Å². The van der Waals surface area contributed by atoms with Crippen molar-refractivity contribution in [1.82, 2.24) is 5.32 Å². The van der Waals surface area contributed by atoms with Gasteiger partial charge in [0.2, 0.25) is 0 Å². The first kappa shape index (κ1) is 17.0. The molecule has 0 fully saturated rings. The van der Waals surface area contributed by atoms with Crippen LogP contribution in [0.4, 0.5) is 5.69 Å². The first-order valence-corrected chi connectivity index (χ1v) is 7.99. The van der Waals surface area contributed by atoms with Crippen molar-refractivity contribution in [3.63, 3.8) is 0 Å². The average Bonchev–Trinajstić information content (AvgIpc) is 2.35. The summed E-state index contributed by atoms with van der Waals surface area (Å²) in [7, 11) is 2.20. The summed E-state index contributed by atoms with van der Waals surface area (Å²) in [4.78, 5) is 2.38. The van der Waals surface area contributed by atoms with Gasteiger partial charge in [-0.2, -0.15) is 0 Å². The molecule has 0 aromatic heterocycles. The molecule has 0 atom stereocenters. The summed E-state index contributed by atoms with van der Waals surface area (Å²) in [5, 5.41) is 3.51. The number of rotatable bonds is 9. The van der Waals surface area contributed by atoms with E-state index in [4.69, 9.17) is 0 Å². The smallest absolute Gasteiger partial charge is 0.0368 e. The molecule has 0 bridgehead atoms. The second-order valence-corrected chi connectivity index (χ2v) is 6.43. The van der Waals surface area contributed by atoms with Gasteiger partial charge in [-0.05, 0) is 69.0 Å². The fraction of sp³-hybridized carbons (Fsp3) is 0.667. The van der Waals surface area contributed by atoms with Crippen molar-refractivity contribution in [2.75, 3.05) is 31.6 Å². The highest BCUT2D eigenvalue weighted by Gasteiger charge is 2.02. The van der Waals surface area contributed by atoms with Gasteiger partial charge in [0.25, 0.3) is 0 Å². The minimum Gasteiger partial charge on any atom is -0.375 e. The largest absolute Gasteiger partial charge is 0.375 e. The van der Waals surface area contributed by atoms with Crippen LogP contribution in [0.5, 0.6) is 0 Å². The molecular formula is C18H32N2. The molecule has 1 rings (SSSR count). The Bertz CT molecular complexity index is 365. The molecule has 0 spiro atoms. The Labute approximate surface area is 125 Å². The Morgan fingerprint density at radius 3 is 2.25 bits per heavy atom. The van der Waals surface area contributed by atoms with E-state index in [2.05, 4.69) is 63.2 Å². The van der Waals surface area contributed by atoms with Crippen LogP contribution in [0.15, 0.2) is 18.2 Å². The molecule has 0 aliphatic carbocycles. The van der Waals surface area contributed by atoms with Crippen LogP contribution in [0, 0.1) is 19.8 Å². The maximum Gasteiger partial charge on any atom is 0.0368 e. The summed E-state index contributed by atoms with van der Waals surface area (Å²) >= 11 is 0. The van der Waals surface area contributed by atoms with Crippen molar-refractivity contribution in [3.8, 4) is 0 Å². The number of benzene rings is 1. The predicted molar refractivity (Wildman–Crippen MR) is 90.7 cm³/mol. The Morgan fingerprint density at radius 1 is 1.00 bits per heavy atom. The van der Waals surface area contributed by atoms with Crippen molar-refractivity contribution in [3.05, 3.63) is 29.3 Å². The van der Waals surface area contributed by atoms with E-state index in [0.29, 0.717) is 0 Å². The van der Waals surface area contributed by atoms with Crippen molar-refractivity contribution < 1.29 is 0 Å². The SMILES string of the molecule is Cc1cc(C)cc(N(C)CCCCCNCC(C)C)c1. The highest BCUT2D eigenvalue weighted by molar-refractivity contribution is 5.50. The molecule has 0 radical (unpaired) electrons. The standard InChI is InChI=1S/C18H32N2/c1-15(2)14-19-9-7-6-8-10-20(5)18-12-16(3)11-17(4)13-18/h11-13,15,19H,6-10,14H2,1-5H3. The van der Waals surface area contributed by atoms with Crippen LogP contribution in [0.3, 0.4) is 0 Å². The molecule has 0 heterocycles. The lowest BCUT2D eigenvalue weighted by molar-refractivity contribution is 0.530. The Kier molecular flexibility index (Phi) is 7.68. The van der Waals surface area contributed by atoms with Gasteiger partial charge in [-0.1, -0.05) is 26.3 Å². The van der Waals surface area contributed by atoms with E-state index >= 15 is 0 Å². The number of hydrogen-bond donors (Lipinski definition) is 1. The van der Waals surface area contributed by atoms with E-state index in [1.54, 1.807) is 0 Å². The molecule has 0 amide bonds. The number of anilines is 1. The highest BCUT2D eigenvalue weighted by Crippen LogP contribution is 2.17. The minimum atomic E-state index is 0.755. The fourth-order valence-electron chi connectivity index (χ4n) is 2.47. The van der Waals surface area contributed by atoms with Crippen LogP contribution in [-0.2, 0) is 0 Å². The highest BCUT2D eigenvalue weighted by atomic mass is 15.1. The first-order valence-electron chi connectivity index (χ1n) is 7.99. The monoisotopic (exact) mass is 276 g/mol. The molecule has 0 unspecified atom stereocenters. The third-order valence-corrected chi connectivity index (χ3v) is 3.55. The average molecular weight is 276 g/mol. The summed E-state index contributed by atoms with van der Waals surface area (Å²) in [6, 6.07) is 6.78. The van der Waals surface area contributed by atoms with Gasteiger partial charge in [-0.3, -0.25) is 0 Å². The number of nitrogens with zero attached hydrogens (tertiary/aromatic N) is 1. The van der Waals surface area contributed by atoms with Gasteiger partial charge >= 0.3 is 0 Å². The summed E-state index contributed by atoms with van der Waals surface area (Å²) in [6.07, 6.45) is 3.86. The third kappa shape index (κ3) is 6.95. The minimum absolute atomic E-state index is 0.755. The molecule has 1 aromatic carbocycles. The summed E-state index contributed by atoms with van der Waals surface area (Å²) in [6.45, 7) is 12.3. The van der Waals surface area contributed by atoms with Crippen molar-refractivity contribution in [2.24, 2.45) is 5.92 Å². The van der Waals surface area contributed by atoms with Crippen LogP contribution in [0.1, 0.15) is 44.2 Å². The van der Waals surface area contributed by atoms with E-state index < -0.39 is 0 Å². The summed E-state index contributed by atoms with van der Waals surface area (Å²) in [5.41, 5.74) is 4.05. The van der Waals surface area contributed by atoms with Gasteiger partial charge in [0.05, 0.1) is 0 Å². The maximum atomic E-state index is 3.51. The van der Waals surface area contributed by atoms with Gasteiger partial charge in [0.15, 0.2) is 0 Å². The molecule has 20 heavy (non-hydrogen) atoms. The predicted octanol–water partition coefficient (Wildman–Crippen LogP) is 4.16. The Hall–Kier alpha value is -1.02. The molecule has 0 aliphatic rings. The molecule has 1 aromatic rings. The summed E-state index contributed by atoms with van der Waals surface area (Å²) < 4.78 is 0. The van der Waals surface area contributed by atoms with Gasteiger partial charge in [-0.25, -0.2) is 0 Å². The maximum absolute atomic E-state index is 3.51. The molecular weight excluding hydrogens is 244 g/mol. The second-order valence-electron chi connectivity index (χ2n) is 6.43. The molecule has 114 valence electrons. The summed E-state index contributed by atoms with van der Waals surface area (Å²) in [5.74, 6) is 0.755. The number of unbranched alkanes of at least 4 members (excludes halogenated alkanes) is 2. The van der Waals surface area contributed by atoms with Gasteiger partial charge in [0, 0.05) is 19.3 Å². The fourth-order valence-corrected chi connectivity index (χ4v) is 2.47. The first-order chi connectivity index (χ1) is 9.49. The van der Waals surface area contributed by atoms with E-state index in [0.717, 1.165) is 25.6 Å². The molecule has 2 heteroatoms. The quantitative estimate of drug-likeness (QED) is 0.681. The zero-order valence-corrected chi connectivity index (χ0v) is 14.0. The van der Waals surface area contributed by atoms with Crippen LogP contribution in [0.25, 0.3) is 0 Å². The van der Waals surface area contributed by atoms with E-state index in [1.165, 1.54) is 36.1 Å². The lowest BCUT2D eigenvalue weighted by atomic mass is 10.1. The lowest BCUT2D eigenvalue weighted by Crippen LogP contribution is -2.21. The molecule has 0 saturated carbocycles. The van der Waals surface area contributed by atoms with Gasteiger partial charge in [0.1, 0.15) is 0 Å². The molecule has 2 nitrogen and oxygen atoms in total. The van der Waals surface area contributed by atoms with Gasteiger partial charge in [-0.15, -0.1) is 0 Å². The van der Waals surface area contributed by atoms with Gasteiger partial charge < -0.3 is 10.2 Å². The van der Waals surface area contributed by atoms with E-state index in [-0.39, 0.29) is 0 Å². The van der Waals surface area contributed by atoms with Crippen molar-refractivity contribution in [1.29, 1.82) is 0 Å². The number of hydrogen-bond acceptors (Lipinski definition) is 2. The zero-order valence-electron chi connectivity index (χ0n) is 14.0. The van der Waals surface area contributed by atoms with Crippen molar-refractivity contribution >= 4 is 5.69 Å². The van der Waals surface area contributed by atoms with Crippen LogP contribution in [-0.4, -0.2) is 26.7 Å². The van der Waals surface area contributed by atoms with E-state index in [9.17, 15) is 0 Å². The Morgan fingerprint density at radius 2 is 1.65 bits per heavy atom. The topological polar surface area (TPSA) is 15.3 Å². The normalized spacial score (nSPS) is 11.1. The molecule has 0 aliphatic heterocycles. The molecule has 0 saturated heterocycles. The Balaban J connectivity index is 2.18. The zero-order chi connectivity index (χ0) is 15.0. The number of nitrogens with one attached hydrogen (secondary N) is 1. The third-order valence-electron chi connectivity index (χ3n) is 3.55. The number of aryl methyl sites for hydroxylation is 2.